The number of hydrogen-bond acceptors (Lipinski definition) is 7. The average Bonchev–Trinajstić information content (AvgIpc) is 3.57. The van der Waals surface area contributed by atoms with Gasteiger partial charge in [0.2, 0.25) is 5.91 Å². The van der Waals surface area contributed by atoms with Crippen LogP contribution >= 0.6 is 22.7 Å². The van der Waals surface area contributed by atoms with Gasteiger partial charge in [-0.2, -0.15) is 0 Å². The van der Waals surface area contributed by atoms with Gasteiger partial charge in [-0.1, -0.05) is 35.6 Å². The number of carbonyl (C=O) groups is 1. The van der Waals surface area contributed by atoms with E-state index in [1.54, 1.807) is 17.5 Å². The molecule has 0 aliphatic carbocycles. The number of rotatable bonds is 7. The van der Waals surface area contributed by atoms with Crippen molar-refractivity contribution in [1.29, 1.82) is 0 Å². The largest absolute Gasteiger partial charge is 0.392 e. The quantitative estimate of drug-likeness (QED) is 0.410. The number of carbonyl (C=O) groups excluding carboxylic acids is 1. The Morgan fingerprint density at radius 1 is 1.32 bits per heavy atom. The number of aromatic nitrogens is 2. The predicted octanol–water partition coefficient (Wildman–Crippen LogP) is 3.52. The van der Waals surface area contributed by atoms with Crippen LogP contribution in [0, 0.1) is 0 Å². The highest BCUT2D eigenvalue weighted by molar-refractivity contribution is 7.16. The van der Waals surface area contributed by atoms with Crippen molar-refractivity contribution in [2.24, 2.45) is 0 Å². The first-order valence-electron chi connectivity index (χ1n) is 11.2. The van der Waals surface area contributed by atoms with Crippen LogP contribution in [0.25, 0.3) is 20.8 Å². The molecule has 2 atom stereocenters. The summed E-state index contributed by atoms with van der Waals surface area (Å²) in [5, 5.41) is 12.9. The lowest BCUT2D eigenvalue weighted by molar-refractivity contribution is -0.131. The van der Waals surface area contributed by atoms with Crippen LogP contribution in [0.2, 0.25) is 0 Å². The zero-order valence-corrected chi connectivity index (χ0v) is 20.4. The summed E-state index contributed by atoms with van der Waals surface area (Å²) in [6, 6.07) is 13.7. The molecule has 0 radical (unpaired) electrons. The van der Waals surface area contributed by atoms with E-state index in [0.29, 0.717) is 13.1 Å². The zero-order valence-electron chi connectivity index (χ0n) is 18.8. The summed E-state index contributed by atoms with van der Waals surface area (Å²) in [7, 11) is 1.85. The first-order valence-corrected chi connectivity index (χ1v) is 12.9. The number of fused-ring (bicyclic) bond motifs is 1. The maximum Gasteiger partial charge on any atom is 0.305 e. The van der Waals surface area contributed by atoms with Gasteiger partial charge >= 0.3 is 4.87 Å². The molecule has 0 spiro atoms. The van der Waals surface area contributed by atoms with Crippen molar-refractivity contribution in [3.8, 4) is 10.6 Å². The molecule has 2 aromatic heterocycles. The van der Waals surface area contributed by atoms with E-state index < -0.39 is 0 Å². The van der Waals surface area contributed by atoms with Crippen molar-refractivity contribution in [3.63, 3.8) is 0 Å². The van der Waals surface area contributed by atoms with Gasteiger partial charge in [0, 0.05) is 43.8 Å². The number of thiazole rings is 2. The molecule has 0 unspecified atom stereocenters. The summed E-state index contributed by atoms with van der Waals surface area (Å²) in [5.41, 5.74) is 3.71. The van der Waals surface area contributed by atoms with Gasteiger partial charge in [0.25, 0.3) is 0 Å². The Bertz CT molecular complexity index is 1350. The summed E-state index contributed by atoms with van der Waals surface area (Å²) >= 11 is 2.76. The normalized spacial score (nSPS) is 17.3. The third-order valence-corrected chi connectivity index (χ3v) is 8.01. The van der Waals surface area contributed by atoms with Crippen molar-refractivity contribution in [3.05, 3.63) is 74.8 Å². The molecule has 34 heavy (non-hydrogen) atoms. The molecule has 1 amide bonds. The molecule has 1 aliphatic rings. The number of hydrogen-bond donors (Lipinski definition) is 2. The monoisotopic (exact) mass is 494 g/mol. The fraction of sp³-hybridized carbons (Fsp3) is 0.320. The number of aliphatic hydroxyl groups excluding tert-OH is 1. The lowest BCUT2D eigenvalue weighted by Crippen LogP contribution is -2.39. The lowest BCUT2D eigenvalue weighted by Gasteiger charge is -2.32. The van der Waals surface area contributed by atoms with E-state index in [4.69, 9.17) is 0 Å². The molecule has 1 aliphatic heterocycles. The van der Waals surface area contributed by atoms with Gasteiger partial charge in [-0.15, -0.1) is 11.3 Å². The van der Waals surface area contributed by atoms with E-state index in [9.17, 15) is 14.7 Å². The maximum absolute atomic E-state index is 13.4. The third-order valence-electron chi connectivity index (χ3n) is 6.33. The molecule has 2 N–H and O–H groups in total. The number of aromatic amines is 1. The maximum atomic E-state index is 13.4. The molecule has 2 aromatic carbocycles. The van der Waals surface area contributed by atoms with Crippen LogP contribution in [-0.2, 0) is 11.2 Å². The van der Waals surface area contributed by atoms with E-state index in [2.05, 4.69) is 27.0 Å². The first-order chi connectivity index (χ1) is 16.5. The second-order valence-electron chi connectivity index (χ2n) is 8.71. The van der Waals surface area contributed by atoms with E-state index in [0.717, 1.165) is 44.9 Å². The number of likely N-dealkylation sites (N-methyl/N-ethyl adjacent to an activating group) is 1. The Hall–Kier alpha value is -2.85. The number of β-amino-alcohol motifs (C(OH)–C–C–N with tert-alkyl or cyclic N) is 1. The highest BCUT2D eigenvalue weighted by Crippen LogP contribution is 2.29. The number of nitrogens with zero attached hydrogens (tertiary/aromatic N) is 3. The van der Waals surface area contributed by atoms with Crippen molar-refractivity contribution in [2.45, 2.75) is 25.0 Å². The number of aliphatic hydroxyl groups is 1. The molecule has 4 aromatic rings. The molecule has 3 heterocycles. The van der Waals surface area contributed by atoms with Crippen LogP contribution in [0.4, 0.5) is 0 Å². The molecular formula is C25H26N4O3S2. The Kier molecular flexibility index (Phi) is 6.60. The third kappa shape index (κ3) is 4.97. The number of H-pyrrole nitrogens is 1. The summed E-state index contributed by atoms with van der Waals surface area (Å²) in [6.07, 6.45) is 2.48. The van der Waals surface area contributed by atoms with Gasteiger partial charge in [0.05, 0.1) is 28.8 Å². The van der Waals surface area contributed by atoms with E-state index in [1.165, 1.54) is 11.3 Å². The van der Waals surface area contributed by atoms with E-state index in [1.807, 2.05) is 47.7 Å². The Balaban J connectivity index is 1.41. The highest BCUT2D eigenvalue weighted by atomic mass is 32.1. The van der Waals surface area contributed by atoms with Crippen molar-refractivity contribution < 1.29 is 9.90 Å². The second kappa shape index (κ2) is 9.79. The van der Waals surface area contributed by atoms with E-state index in [-0.39, 0.29) is 29.3 Å². The molecule has 7 nitrogen and oxygen atoms in total. The number of likely N-dealkylation sites (tertiary alicyclic amines) is 1. The SMILES string of the molecule is CN(C(=O)Cc1ccc2sc(=O)[nH]c2c1)[C@H](CN1CC[C@H](O)C1)c1cccc(-c2nccs2)c1. The Morgan fingerprint density at radius 3 is 2.97 bits per heavy atom. The van der Waals surface area contributed by atoms with Gasteiger partial charge in [-0.25, -0.2) is 4.98 Å². The Morgan fingerprint density at radius 2 is 2.21 bits per heavy atom. The molecule has 176 valence electrons. The minimum Gasteiger partial charge on any atom is -0.392 e. The van der Waals surface area contributed by atoms with Crippen molar-refractivity contribution >= 4 is 38.8 Å². The van der Waals surface area contributed by atoms with E-state index >= 15 is 0 Å². The lowest BCUT2D eigenvalue weighted by atomic mass is 10.0. The summed E-state index contributed by atoms with van der Waals surface area (Å²) < 4.78 is 0.888. The molecule has 0 saturated carbocycles. The van der Waals surface area contributed by atoms with Gasteiger partial charge in [-0.05, 0) is 35.7 Å². The van der Waals surface area contributed by atoms with Gasteiger partial charge in [0.1, 0.15) is 5.01 Å². The summed E-state index contributed by atoms with van der Waals surface area (Å²) in [6.45, 7) is 2.08. The standard InChI is InChI=1S/C25H26N4O3S2/c1-28(23(31)12-16-5-6-22-20(11-16)27-25(32)34-22)21(15-29-9-7-19(30)14-29)17-3-2-4-18(13-17)24-26-8-10-33-24/h2-6,8,10-11,13,19,21,30H,7,9,12,14-15H2,1H3,(H,27,32)/t19-,21+/m0/s1. The molecule has 5 rings (SSSR count). The fourth-order valence-electron chi connectivity index (χ4n) is 4.50. The molecule has 1 saturated heterocycles. The van der Waals surface area contributed by atoms with Crippen molar-refractivity contribution in [1.82, 2.24) is 19.8 Å². The predicted molar refractivity (Wildman–Crippen MR) is 136 cm³/mol. The van der Waals surface area contributed by atoms with Gasteiger partial charge in [-0.3, -0.25) is 14.5 Å². The Labute approximate surface area is 205 Å². The number of benzene rings is 2. The minimum atomic E-state index is -0.317. The summed E-state index contributed by atoms with van der Waals surface area (Å²) in [5.74, 6) is 0.00123. The molecular weight excluding hydrogens is 468 g/mol. The highest BCUT2D eigenvalue weighted by Gasteiger charge is 2.28. The van der Waals surface area contributed by atoms with Gasteiger partial charge in [0.15, 0.2) is 0 Å². The smallest absolute Gasteiger partial charge is 0.305 e. The van der Waals surface area contributed by atoms with Crippen LogP contribution in [0.15, 0.2) is 58.8 Å². The van der Waals surface area contributed by atoms with Gasteiger partial charge < -0.3 is 15.0 Å². The van der Waals surface area contributed by atoms with Crippen LogP contribution < -0.4 is 4.87 Å². The number of nitrogens with one attached hydrogen (secondary N) is 1. The van der Waals surface area contributed by atoms with Crippen LogP contribution in [-0.4, -0.2) is 63.6 Å². The minimum absolute atomic E-state index is 0.00123. The molecule has 9 heteroatoms. The average molecular weight is 495 g/mol. The fourth-order valence-corrected chi connectivity index (χ4v) is 5.85. The summed E-state index contributed by atoms with van der Waals surface area (Å²) in [4.78, 5) is 36.2. The zero-order chi connectivity index (χ0) is 23.7. The number of amides is 1. The topological polar surface area (TPSA) is 89.5 Å². The molecule has 0 bridgehead atoms. The van der Waals surface area contributed by atoms with Crippen LogP contribution in [0.5, 0.6) is 0 Å². The molecule has 1 fully saturated rings. The van der Waals surface area contributed by atoms with Crippen LogP contribution in [0.3, 0.4) is 0 Å². The van der Waals surface area contributed by atoms with Crippen molar-refractivity contribution in [2.75, 3.05) is 26.7 Å². The first kappa shape index (κ1) is 22.9. The van der Waals surface area contributed by atoms with Crippen LogP contribution in [0.1, 0.15) is 23.6 Å². The second-order valence-corrected chi connectivity index (χ2v) is 10.6.